The molecule has 0 spiro atoms. The van der Waals surface area contributed by atoms with Gasteiger partial charge in [-0.2, -0.15) is 5.10 Å². The highest BCUT2D eigenvalue weighted by molar-refractivity contribution is 6.17. The van der Waals surface area contributed by atoms with Gasteiger partial charge < -0.3 is 5.32 Å². The number of hydrogen-bond acceptors (Lipinski definition) is 4. The van der Waals surface area contributed by atoms with E-state index in [9.17, 15) is 9.59 Å². The first-order chi connectivity index (χ1) is 16.1. The molecule has 1 amide bonds. The third kappa shape index (κ3) is 4.65. The highest BCUT2D eigenvalue weighted by atomic mass is 16.2. The van der Waals surface area contributed by atoms with Crippen LogP contribution < -0.4 is 5.32 Å². The number of carbonyl (C=O) groups excluding carboxylic acids is 2. The Kier molecular flexibility index (Phi) is 5.90. The molecular weight excluding hydrogens is 412 g/mol. The van der Waals surface area contributed by atoms with Crippen LogP contribution in [0.5, 0.6) is 0 Å². The van der Waals surface area contributed by atoms with Crippen LogP contribution >= 0.6 is 0 Å². The van der Waals surface area contributed by atoms with Gasteiger partial charge in [0.2, 0.25) is 5.91 Å². The van der Waals surface area contributed by atoms with Crippen LogP contribution in [0.15, 0.2) is 54.2 Å². The van der Waals surface area contributed by atoms with E-state index in [4.69, 9.17) is 4.98 Å². The average molecular weight is 441 g/mol. The van der Waals surface area contributed by atoms with E-state index >= 15 is 0 Å². The minimum absolute atomic E-state index is 0.0767. The number of H-pyrrole nitrogens is 1. The zero-order valence-electron chi connectivity index (χ0n) is 18.8. The van der Waals surface area contributed by atoms with Crippen LogP contribution in [0.2, 0.25) is 0 Å². The first-order valence-corrected chi connectivity index (χ1v) is 11.8. The number of amides is 1. The third-order valence-corrected chi connectivity index (χ3v) is 6.42. The molecule has 2 heterocycles. The van der Waals surface area contributed by atoms with Crippen molar-refractivity contribution in [3.63, 3.8) is 0 Å². The van der Waals surface area contributed by atoms with Gasteiger partial charge in [-0.25, -0.2) is 4.98 Å². The Hall–Kier alpha value is -3.54. The monoisotopic (exact) mass is 440 g/mol. The average Bonchev–Trinajstić information content (AvgIpc) is 3.46. The van der Waals surface area contributed by atoms with Crippen molar-refractivity contribution in [3.05, 3.63) is 77.0 Å². The number of allylic oxidation sites excluding steroid dienone is 1. The fourth-order valence-corrected chi connectivity index (χ4v) is 4.50. The Labute approximate surface area is 193 Å². The standard InChI is InChI=1S/C27H28N4O2/c1-2-3-8-24-29-27(31-30-24)26(19-13-14-19)18-11-9-17(10-12-18)21-7-5-4-6-20(21)15-22-23(32)16-25(33)28-22/h4-7,9-12,15,19,26H,2-3,8,13-14,16H2,1H3,(H,28,33)(H,29,30,31)/b22-15-. The lowest BCUT2D eigenvalue weighted by molar-refractivity contribution is -0.121. The van der Waals surface area contributed by atoms with Crippen LogP contribution in [0.4, 0.5) is 0 Å². The molecule has 2 fully saturated rings. The van der Waals surface area contributed by atoms with Crippen LogP contribution in [0, 0.1) is 5.92 Å². The van der Waals surface area contributed by atoms with Crippen molar-refractivity contribution >= 4 is 17.8 Å². The normalized spacial score (nSPS) is 18.0. The zero-order valence-corrected chi connectivity index (χ0v) is 18.8. The van der Waals surface area contributed by atoms with E-state index in [0.717, 1.165) is 47.6 Å². The third-order valence-electron chi connectivity index (χ3n) is 6.42. The highest BCUT2D eigenvalue weighted by Gasteiger charge is 2.36. The van der Waals surface area contributed by atoms with E-state index in [2.05, 4.69) is 46.7 Å². The van der Waals surface area contributed by atoms with Crippen molar-refractivity contribution in [3.8, 4) is 11.1 Å². The summed E-state index contributed by atoms with van der Waals surface area (Å²) in [5, 5.41) is 10.4. The van der Waals surface area contributed by atoms with E-state index in [0.29, 0.717) is 11.6 Å². The summed E-state index contributed by atoms with van der Waals surface area (Å²) in [6, 6.07) is 16.5. The fraction of sp³-hybridized carbons (Fsp3) is 0.333. The minimum Gasteiger partial charge on any atom is -0.323 e. The Morgan fingerprint density at radius 3 is 2.58 bits per heavy atom. The number of aryl methyl sites for hydroxylation is 1. The predicted molar refractivity (Wildman–Crippen MR) is 127 cm³/mol. The van der Waals surface area contributed by atoms with E-state index in [1.165, 1.54) is 18.4 Å². The van der Waals surface area contributed by atoms with Gasteiger partial charge in [0.25, 0.3) is 0 Å². The van der Waals surface area contributed by atoms with Gasteiger partial charge in [0.05, 0.1) is 12.1 Å². The Morgan fingerprint density at radius 2 is 1.88 bits per heavy atom. The molecule has 1 atom stereocenters. The number of Topliss-reactive ketones (excluding diaryl/α,β-unsaturated/α-hetero) is 1. The van der Waals surface area contributed by atoms with Gasteiger partial charge in [-0.15, -0.1) is 0 Å². The summed E-state index contributed by atoms with van der Waals surface area (Å²) in [7, 11) is 0. The SMILES string of the molecule is CCCCc1nc(C(c2ccc(-c3ccccc3/C=C3\NC(=O)CC3=O)cc2)C2CC2)n[nH]1. The lowest BCUT2D eigenvalue weighted by Crippen LogP contribution is -2.12. The van der Waals surface area contributed by atoms with Crippen molar-refractivity contribution < 1.29 is 9.59 Å². The summed E-state index contributed by atoms with van der Waals surface area (Å²) >= 11 is 0. The molecule has 6 nitrogen and oxygen atoms in total. The molecule has 2 aromatic carbocycles. The van der Waals surface area contributed by atoms with E-state index < -0.39 is 0 Å². The lowest BCUT2D eigenvalue weighted by atomic mass is 9.91. The molecule has 1 unspecified atom stereocenters. The molecule has 0 radical (unpaired) electrons. The van der Waals surface area contributed by atoms with Crippen molar-refractivity contribution in [1.29, 1.82) is 0 Å². The van der Waals surface area contributed by atoms with E-state index in [1.807, 2.05) is 24.3 Å². The van der Waals surface area contributed by atoms with Gasteiger partial charge in [0, 0.05) is 12.3 Å². The fourth-order valence-electron chi connectivity index (χ4n) is 4.50. The van der Waals surface area contributed by atoms with Gasteiger partial charge in [0.1, 0.15) is 5.82 Å². The van der Waals surface area contributed by atoms with Crippen LogP contribution in [0.25, 0.3) is 17.2 Å². The van der Waals surface area contributed by atoms with Crippen molar-refractivity contribution in [1.82, 2.24) is 20.5 Å². The maximum atomic E-state index is 12.1. The van der Waals surface area contributed by atoms with E-state index in [1.54, 1.807) is 6.08 Å². The first-order valence-electron chi connectivity index (χ1n) is 11.8. The summed E-state index contributed by atoms with van der Waals surface area (Å²) in [5.41, 5.74) is 4.59. The maximum absolute atomic E-state index is 12.1. The lowest BCUT2D eigenvalue weighted by Gasteiger charge is -2.14. The summed E-state index contributed by atoms with van der Waals surface area (Å²) in [4.78, 5) is 28.4. The number of ketones is 1. The molecule has 3 aromatic rings. The molecule has 168 valence electrons. The molecule has 1 aromatic heterocycles. The Bertz CT molecular complexity index is 1200. The first kappa shape index (κ1) is 21.3. The topological polar surface area (TPSA) is 87.7 Å². The summed E-state index contributed by atoms with van der Waals surface area (Å²) in [5.74, 6) is 2.28. The molecule has 2 aliphatic rings. The molecular formula is C27H28N4O2. The second-order valence-electron chi connectivity index (χ2n) is 8.97. The molecule has 1 aliphatic carbocycles. The summed E-state index contributed by atoms with van der Waals surface area (Å²) < 4.78 is 0. The predicted octanol–water partition coefficient (Wildman–Crippen LogP) is 4.79. The largest absolute Gasteiger partial charge is 0.323 e. The minimum atomic E-state index is -0.246. The highest BCUT2D eigenvalue weighted by Crippen LogP contribution is 2.45. The summed E-state index contributed by atoms with van der Waals surface area (Å²) in [6.45, 7) is 2.18. The number of unbranched alkanes of at least 4 members (excludes halogenated alkanes) is 1. The van der Waals surface area contributed by atoms with Crippen LogP contribution in [-0.4, -0.2) is 26.9 Å². The van der Waals surface area contributed by atoms with Crippen molar-refractivity contribution in [2.75, 3.05) is 0 Å². The molecule has 2 N–H and O–H groups in total. The number of rotatable bonds is 8. The van der Waals surface area contributed by atoms with Crippen LogP contribution in [-0.2, 0) is 16.0 Å². The van der Waals surface area contributed by atoms with Crippen molar-refractivity contribution in [2.45, 2.75) is 51.4 Å². The molecule has 1 saturated carbocycles. The molecule has 0 bridgehead atoms. The van der Waals surface area contributed by atoms with Gasteiger partial charge in [-0.05, 0) is 53.5 Å². The number of nitrogens with one attached hydrogen (secondary N) is 2. The van der Waals surface area contributed by atoms with Gasteiger partial charge in [0.15, 0.2) is 11.6 Å². The number of carbonyl (C=O) groups is 2. The van der Waals surface area contributed by atoms with Gasteiger partial charge in [-0.1, -0.05) is 61.9 Å². The number of nitrogens with zero attached hydrogens (tertiary/aromatic N) is 2. The van der Waals surface area contributed by atoms with Gasteiger partial charge in [-0.3, -0.25) is 14.7 Å². The molecule has 33 heavy (non-hydrogen) atoms. The van der Waals surface area contributed by atoms with Crippen LogP contribution in [0.1, 0.15) is 67.7 Å². The quantitative estimate of drug-likeness (QED) is 0.390. The van der Waals surface area contributed by atoms with Crippen LogP contribution in [0.3, 0.4) is 0 Å². The maximum Gasteiger partial charge on any atom is 0.232 e. The molecule has 1 aliphatic heterocycles. The molecule has 1 saturated heterocycles. The molecule has 5 rings (SSSR count). The second kappa shape index (κ2) is 9.14. The number of hydrogen-bond donors (Lipinski definition) is 2. The number of aromatic amines is 1. The van der Waals surface area contributed by atoms with E-state index in [-0.39, 0.29) is 24.0 Å². The second-order valence-corrected chi connectivity index (χ2v) is 8.97. The van der Waals surface area contributed by atoms with Gasteiger partial charge >= 0.3 is 0 Å². The zero-order chi connectivity index (χ0) is 22.8. The van der Waals surface area contributed by atoms with Crippen molar-refractivity contribution in [2.24, 2.45) is 5.92 Å². The Morgan fingerprint density at radius 1 is 1.09 bits per heavy atom. The number of benzene rings is 2. The smallest absolute Gasteiger partial charge is 0.232 e. The molecule has 6 heteroatoms. The number of aromatic nitrogens is 3. The Balaban J connectivity index is 1.42. The summed E-state index contributed by atoms with van der Waals surface area (Å²) in [6.07, 6.45) is 7.31.